The van der Waals surface area contributed by atoms with E-state index in [-0.39, 0.29) is 17.4 Å². The molecule has 1 atom stereocenters. The summed E-state index contributed by atoms with van der Waals surface area (Å²) in [6, 6.07) is 0. The lowest BCUT2D eigenvalue weighted by Gasteiger charge is -2.47. The van der Waals surface area contributed by atoms with Crippen LogP contribution in [-0.4, -0.2) is 42.6 Å². The Morgan fingerprint density at radius 3 is 2.37 bits per heavy atom. The summed E-state index contributed by atoms with van der Waals surface area (Å²) in [6.07, 6.45) is 8.46. The summed E-state index contributed by atoms with van der Waals surface area (Å²) in [5, 5.41) is 0. The van der Waals surface area contributed by atoms with Gasteiger partial charge in [-0.25, -0.2) is 0 Å². The Labute approximate surface area is 116 Å². The maximum absolute atomic E-state index is 12.3. The second-order valence-corrected chi connectivity index (χ2v) is 5.90. The van der Waals surface area contributed by atoms with E-state index in [1.54, 1.807) is 0 Å². The lowest BCUT2D eigenvalue weighted by atomic mass is 9.79. The Hall–Kier alpha value is -0.610. The average molecular weight is 268 g/mol. The highest BCUT2D eigenvalue weighted by molar-refractivity contribution is 5.74. The summed E-state index contributed by atoms with van der Waals surface area (Å²) in [4.78, 5) is 14.8. The number of esters is 1. The van der Waals surface area contributed by atoms with Gasteiger partial charge in [0, 0.05) is 12.1 Å². The van der Waals surface area contributed by atoms with E-state index in [1.807, 2.05) is 6.92 Å². The lowest BCUT2D eigenvalue weighted by Crippen LogP contribution is -2.58. The molecule has 0 spiro atoms. The van der Waals surface area contributed by atoms with Crippen LogP contribution >= 0.6 is 0 Å². The molecule has 1 heterocycles. The third-order valence-corrected chi connectivity index (χ3v) is 4.91. The molecule has 2 aliphatic rings. The Kier molecular flexibility index (Phi) is 5.22. The number of nitrogens with zero attached hydrogens (tertiary/aromatic N) is 1. The fourth-order valence-corrected chi connectivity index (χ4v) is 3.99. The zero-order valence-corrected chi connectivity index (χ0v) is 12.2. The van der Waals surface area contributed by atoms with Crippen molar-refractivity contribution in [3.8, 4) is 0 Å². The van der Waals surface area contributed by atoms with Crippen LogP contribution in [0.4, 0.5) is 0 Å². The maximum atomic E-state index is 12.3. The van der Waals surface area contributed by atoms with Crippen LogP contribution in [0.1, 0.15) is 51.9 Å². The van der Waals surface area contributed by atoms with Crippen LogP contribution in [-0.2, 0) is 9.53 Å². The lowest BCUT2D eigenvalue weighted by molar-refractivity contribution is -0.154. The van der Waals surface area contributed by atoms with E-state index in [2.05, 4.69) is 4.90 Å². The van der Waals surface area contributed by atoms with E-state index in [0.717, 1.165) is 25.9 Å². The molecule has 0 aromatic carbocycles. The van der Waals surface area contributed by atoms with Crippen molar-refractivity contribution in [2.75, 3.05) is 26.2 Å². The van der Waals surface area contributed by atoms with Crippen LogP contribution in [0.3, 0.4) is 0 Å². The summed E-state index contributed by atoms with van der Waals surface area (Å²) < 4.78 is 5.28. The van der Waals surface area contributed by atoms with Crippen molar-refractivity contribution in [1.82, 2.24) is 4.90 Å². The van der Waals surface area contributed by atoms with Gasteiger partial charge in [0.1, 0.15) is 0 Å². The third kappa shape index (κ3) is 2.95. The molecule has 0 amide bonds. The molecule has 1 aliphatic heterocycles. The molecule has 0 bridgehead atoms. The van der Waals surface area contributed by atoms with Gasteiger partial charge in [-0.05, 0) is 45.7 Å². The predicted octanol–water partition coefficient (Wildman–Crippen LogP) is 1.92. The maximum Gasteiger partial charge on any atom is 0.312 e. The van der Waals surface area contributed by atoms with Crippen molar-refractivity contribution in [1.29, 1.82) is 0 Å². The number of nitrogens with two attached hydrogens (primary N) is 1. The molecule has 0 aromatic rings. The first-order valence-electron chi connectivity index (χ1n) is 7.86. The first-order valence-corrected chi connectivity index (χ1v) is 7.86. The minimum absolute atomic E-state index is 0.0125. The molecule has 1 saturated carbocycles. The minimum atomic E-state index is -0.145. The van der Waals surface area contributed by atoms with E-state index >= 15 is 0 Å². The molecular weight excluding hydrogens is 240 g/mol. The van der Waals surface area contributed by atoms with Gasteiger partial charge in [-0.1, -0.05) is 19.3 Å². The summed E-state index contributed by atoms with van der Waals surface area (Å²) in [5.41, 5.74) is 5.94. The molecule has 0 aromatic heterocycles. The van der Waals surface area contributed by atoms with Gasteiger partial charge in [-0.2, -0.15) is 0 Å². The van der Waals surface area contributed by atoms with Crippen LogP contribution in [0.5, 0.6) is 0 Å². The van der Waals surface area contributed by atoms with Crippen LogP contribution < -0.4 is 5.73 Å². The normalized spacial score (nSPS) is 25.2. The van der Waals surface area contributed by atoms with E-state index < -0.39 is 0 Å². The fourth-order valence-electron chi connectivity index (χ4n) is 3.99. The van der Waals surface area contributed by atoms with E-state index in [1.165, 1.54) is 32.1 Å². The number of carbonyl (C=O) groups is 1. The summed E-state index contributed by atoms with van der Waals surface area (Å²) in [5.74, 6) is -0.231. The van der Waals surface area contributed by atoms with Crippen molar-refractivity contribution in [3.05, 3.63) is 0 Å². The van der Waals surface area contributed by atoms with Crippen molar-refractivity contribution < 1.29 is 9.53 Å². The van der Waals surface area contributed by atoms with Gasteiger partial charge in [0.05, 0.1) is 12.5 Å². The summed E-state index contributed by atoms with van der Waals surface area (Å²) >= 11 is 0. The number of carbonyl (C=O) groups excluding carboxylic acids is 1. The number of rotatable bonds is 5. The molecule has 1 unspecified atom stereocenters. The van der Waals surface area contributed by atoms with Gasteiger partial charge in [0.15, 0.2) is 0 Å². The molecular formula is C15H28N2O2. The molecule has 1 saturated heterocycles. The highest BCUT2D eigenvalue weighted by Crippen LogP contribution is 2.42. The third-order valence-electron chi connectivity index (χ3n) is 4.91. The highest BCUT2D eigenvalue weighted by atomic mass is 16.5. The Bertz CT molecular complexity index is 295. The van der Waals surface area contributed by atoms with Crippen LogP contribution in [0.25, 0.3) is 0 Å². The highest BCUT2D eigenvalue weighted by Gasteiger charge is 2.49. The molecule has 4 heteroatoms. The van der Waals surface area contributed by atoms with Gasteiger partial charge < -0.3 is 10.5 Å². The van der Waals surface area contributed by atoms with Crippen molar-refractivity contribution in [2.24, 2.45) is 11.7 Å². The van der Waals surface area contributed by atoms with Crippen molar-refractivity contribution >= 4 is 5.97 Å². The largest absolute Gasteiger partial charge is 0.466 e. The summed E-state index contributed by atoms with van der Waals surface area (Å²) in [6.45, 7) is 4.97. The number of likely N-dealkylation sites (tertiary alicyclic amines) is 1. The zero-order valence-electron chi connectivity index (χ0n) is 12.2. The van der Waals surface area contributed by atoms with Gasteiger partial charge in [0.25, 0.3) is 0 Å². The van der Waals surface area contributed by atoms with Gasteiger partial charge in [-0.3, -0.25) is 9.69 Å². The molecule has 1 aliphatic carbocycles. The van der Waals surface area contributed by atoms with E-state index in [4.69, 9.17) is 10.5 Å². The first kappa shape index (κ1) is 14.8. The Morgan fingerprint density at radius 2 is 1.84 bits per heavy atom. The topological polar surface area (TPSA) is 55.6 Å². The molecule has 0 radical (unpaired) electrons. The molecule has 2 rings (SSSR count). The van der Waals surface area contributed by atoms with Crippen LogP contribution in [0.15, 0.2) is 0 Å². The zero-order chi connectivity index (χ0) is 13.7. The molecule has 4 nitrogen and oxygen atoms in total. The molecule has 2 N–H and O–H groups in total. The van der Waals surface area contributed by atoms with Gasteiger partial charge in [-0.15, -0.1) is 0 Å². The van der Waals surface area contributed by atoms with Crippen molar-refractivity contribution in [2.45, 2.75) is 57.4 Å². The Balaban J connectivity index is 2.18. The SMILES string of the molecule is CCOC(=O)C(CN)C1(N2CCCCC2)CCCC1. The monoisotopic (exact) mass is 268 g/mol. The van der Waals surface area contributed by atoms with Crippen LogP contribution in [0, 0.1) is 5.92 Å². The van der Waals surface area contributed by atoms with Crippen molar-refractivity contribution in [3.63, 3.8) is 0 Å². The molecule has 110 valence electrons. The number of piperidine rings is 1. The van der Waals surface area contributed by atoms with E-state index in [9.17, 15) is 4.79 Å². The number of hydrogen-bond donors (Lipinski definition) is 1. The molecule has 2 fully saturated rings. The standard InChI is InChI=1S/C15H28N2O2/c1-2-19-14(18)13(12-16)15(8-4-5-9-15)17-10-6-3-7-11-17/h13H,2-12,16H2,1H3. The minimum Gasteiger partial charge on any atom is -0.466 e. The number of ether oxygens (including phenoxy) is 1. The smallest absolute Gasteiger partial charge is 0.312 e. The van der Waals surface area contributed by atoms with Crippen LogP contribution in [0.2, 0.25) is 0 Å². The number of hydrogen-bond acceptors (Lipinski definition) is 4. The molecule has 19 heavy (non-hydrogen) atoms. The van der Waals surface area contributed by atoms with E-state index in [0.29, 0.717) is 13.2 Å². The second-order valence-electron chi connectivity index (χ2n) is 5.90. The first-order chi connectivity index (χ1) is 9.24. The fraction of sp³-hybridized carbons (Fsp3) is 0.933. The quantitative estimate of drug-likeness (QED) is 0.774. The van der Waals surface area contributed by atoms with Gasteiger partial charge in [0.2, 0.25) is 0 Å². The second kappa shape index (κ2) is 6.71. The van der Waals surface area contributed by atoms with Gasteiger partial charge >= 0.3 is 5.97 Å². The summed E-state index contributed by atoms with van der Waals surface area (Å²) in [7, 11) is 0. The predicted molar refractivity (Wildman–Crippen MR) is 75.8 cm³/mol. The Morgan fingerprint density at radius 1 is 1.21 bits per heavy atom. The average Bonchev–Trinajstić information content (AvgIpc) is 2.91.